The predicted molar refractivity (Wildman–Crippen MR) is 110 cm³/mol. The van der Waals surface area contributed by atoms with E-state index in [0.29, 0.717) is 28.6 Å². The van der Waals surface area contributed by atoms with Crippen LogP contribution in [0.25, 0.3) is 0 Å². The fourth-order valence-electron chi connectivity index (χ4n) is 6.13. The van der Waals surface area contributed by atoms with Crippen molar-refractivity contribution in [2.24, 2.45) is 33.9 Å². The number of hydrogen-bond donors (Lipinski definition) is 2. The molecule has 2 unspecified atom stereocenters. The Morgan fingerprint density at radius 2 is 1.86 bits per heavy atom. The first-order valence-corrected chi connectivity index (χ1v) is 10.4. The smallest absolute Gasteiger partial charge is 0.223 e. The van der Waals surface area contributed by atoms with E-state index in [1.54, 1.807) is 0 Å². The first kappa shape index (κ1) is 19.3. The number of nitrogens with one attached hydrogen (secondary N) is 1. The van der Waals surface area contributed by atoms with Crippen molar-refractivity contribution < 1.29 is 4.79 Å². The number of carbonyl (C=O) groups is 1. The molecule has 2 atom stereocenters. The zero-order valence-corrected chi connectivity index (χ0v) is 17.2. The van der Waals surface area contributed by atoms with Crippen molar-refractivity contribution in [2.75, 3.05) is 0 Å². The van der Waals surface area contributed by atoms with Crippen molar-refractivity contribution in [3.63, 3.8) is 0 Å². The monoisotopic (exact) mass is 398 g/mol. The van der Waals surface area contributed by atoms with Crippen LogP contribution in [0.5, 0.6) is 0 Å². The molecule has 148 valence electrons. The highest BCUT2D eigenvalue weighted by atomic mass is 35.5. The van der Waals surface area contributed by atoms with Gasteiger partial charge < -0.3 is 11.1 Å². The number of primary amides is 1. The normalized spacial score (nSPS) is 34.1. The van der Waals surface area contributed by atoms with Crippen LogP contribution in [-0.2, 0) is 10.2 Å². The predicted octanol–water partition coefficient (Wildman–Crippen LogP) is 3.77. The summed E-state index contributed by atoms with van der Waals surface area (Å²) >= 11 is 6.04. The topological polar surface area (TPSA) is 91.3 Å². The second-order valence-electron chi connectivity index (χ2n) is 9.48. The number of amides is 1. The Morgan fingerprint density at radius 3 is 2.39 bits per heavy atom. The molecule has 3 N–H and O–H groups in total. The Hall–Kier alpha value is -2.06. The molecule has 1 amide bonds. The highest BCUT2D eigenvalue weighted by molar-refractivity contribution is 6.30. The maximum absolute atomic E-state index is 12.2. The van der Waals surface area contributed by atoms with Gasteiger partial charge in [-0.05, 0) is 81.4 Å². The number of nitriles is 1. The molecule has 1 aromatic rings. The molecule has 6 heteroatoms. The van der Waals surface area contributed by atoms with Crippen LogP contribution in [-0.4, -0.2) is 17.8 Å². The molecule has 4 saturated carbocycles. The van der Waals surface area contributed by atoms with E-state index in [-0.39, 0.29) is 17.4 Å². The molecule has 4 aliphatic rings. The first-order valence-electron chi connectivity index (χ1n) is 10.0. The van der Waals surface area contributed by atoms with Crippen LogP contribution in [0.1, 0.15) is 51.5 Å². The molecule has 0 saturated heterocycles. The van der Waals surface area contributed by atoms with Crippen LogP contribution in [0.15, 0.2) is 29.3 Å². The second kappa shape index (κ2) is 6.77. The highest BCUT2D eigenvalue weighted by Crippen LogP contribution is 2.60. The van der Waals surface area contributed by atoms with Crippen LogP contribution in [0.3, 0.4) is 0 Å². The van der Waals surface area contributed by atoms with Crippen molar-refractivity contribution in [1.82, 2.24) is 5.32 Å². The number of hydrogen-bond acceptors (Lipinski definition) is 3. The molecule has 0 aromatic heterocycles. The highest BCUT2D eigenvalue weighted by Gasteiger charge is 2.58. The minimum absolute atomic E-state index is 0.127. The van der Waals surface area contributed by atoms with Crippen LogP contribution in [0.2, 0.25) is 5.02 Å². The Labute approximate surface area is 171 Å². The zero-order valence-electron chi connectivity index (χ0n) is 16.4. The molecular formula is C22H27ClN4O. The molecule has 5 nitrogen and oxygen atoms in total. The van der Waals surface area contributed by atoms with E-state index in [2.05, 4.69) is 24.2 Å². The number of nitrogens with zero attached hydrogens (tertiary/aromatic N) is 2. The second-order valence-corrected chi connectivity index (χ2v) is 9.91. The average Bonchev–Trinajstić information content (AvgIpc) is 2.63. The summed E-state index contributed by atoms with van der Waals surface area (Å²) in [5.41, 5.74) is 6.10. The van der Waals surface area contributed by atoms with Gasteiger partial charge in [0.25, 0.3) is 0 Å². The van der Waals surface area contributed by atoms with Crippen molar-refractivity contribution in [3.8, 4) is 6.19 Å². The molecule has 28 heavy (non-hydrogen) atoms. The van der Waals surface area contributed by atoms with Gasteiger partial charge in [0, 0.05) is 21.9 Å². The zero-order chi connectivity index (χ0) is 20.1. The van der Waals surface area contributed by atoms with Gasteiger partial charge in [-0.1, -0.05) is 23.7 Å². The summed E-state index contributed by atoms with van der Waals surface area (Å²) in [6, 6.07) is 7.93. The van der Waals surface area contributed by atoms with Gasteiger partial charge in [0.1, 0.15) is 5.84 Å². The third-order valence-corrected chi connectivity index (χ3v) is 7.67. The Morgan fingerprint density at radius 1 is 1.25 bits per heavy atom. The van der Waals surface area contributed by atoms with E-state index >= 15 is 0 Å². The van der Waals surface area contributed by atoms with Crippen molar-refractivity contribution in [1.29, 1.82) is 5.26 Å². The van der Waals surface area contributed by atoms with Gasteiger partial charge >= 0.3 is 0 Å². The van der Waals surface area contributed by atoms with E-state index in [4.69, 9.17) is 17.3 Å². The largest absolute Gasteiger partial charge is 0.369 e. The van der Waals surface area contributed by atoms with Gasteiger partial charge in [-0.15, -0.1) is 0 Å². The molecule has 0 spiro atoms. The lowest BCUT2D eigenvalue weighted by atomic mass is 9.47. The maximum Gasteiger partial charge on any atom is 0.223 e. The van der Waals surface area contributed by atoms with Gasteiger partial charge in [0.2, 0.25) is 12.1 Å². The summed E-state index contributed by atoms with van der Waals surface area (Å²) in [5, 5.41) is 13.7. The molecule has 0 heterocycles. The molecule has 4 bridgehead atoms. The molecular weight excluding hydrogens is 372 g/mol. The number of nitrogens with two attached hydrogens (primary N) is 1. The lowest BCUT2D eigenvalue weighted by Crippen LogP contribution is -2.63. The molecule has 4 fully saturated rings. The summed E-state index contributed by atoms with van der Waals surface area (Å²) in [4.78, 5) is 16.4. The molecule has 0 aliphatic heterocycles. The molecule has 4 aliphatic carbocycles. The van der Waals surface area contributed by atoms with E-state index in [0.717, 1.165) is 37.7 Å². The molecule has 1 aromatic carbocycles. The van der Waals surface area contributed by atoms with E-state index in [1.165, 1.54) is 0 Å². The Kier molecular flexibility index (Phi) is 4.66. The van der Waals surface area contributed by atoms with Gasteiger partial charge in [0.15, 0.2) is 0 Å². The van der Waals surface area contributed by atoms with E-state index in [1.807, 2.05) is 30.5 Å². The quantitative estimate of drug-likeness (QED) is 0.459. The number of carbonyl (C=O) groups excluding carboxylic acids is 1. The fraction of sp³-hybridized carbons (Fsp3) is 0.591. The third-order valence-electron chi connectivity index (χ3n) is 7.42. The van der Waals surface area contributed by atoms with Crippen molar-refractivity contribution >= 4 is 23.3 Å². The number of rotatable bonds is 4. The summed E-state index contributed by atoms with van der Waals surface area (Å²) in [6.07, 6.45) is 6.90. The minimum Gasteiger partial charge on any atom is -0.369 e. The van der Waals surface area contributed by atoms with Crippen LogP contribution < -0.4 is 11.1 Å². The van der Waals surface area contributed by atoms with Crippen molar-refractivity contribution in [2.45, 2.75) is 57.4 Å². The fourth-order valence-corrected chi connectivity index (χ4v) is 6.25. The number of halogens is 1. The van der Waals surface area contributed by atoms with E-state index < -0.39 is 5.41 Å². The summed E-state index contributed by atoms with van der Waals surface area (Å²) in [6.45, 7) is 4.14. The standard InChI is InChI=1S/C22H27ClN4O/c1-21(2,16-3-5-17(23)6-4-16)20(26-12-24)27-18-14-7-13-8-15(18)11-22(9-13,10-14)19(25)28/h3-6,13-15,18H,7-11H2,1-2H3,(H2,25,28)(H,26,27). The van der Waals surface area contributed by atoms with Gasteiger partial charge in [-0.3, -0.25) is 4.79 Å². The van der Waals surface area contributed by atoms with Gasteiger partial charge in [-0.25, -0.2) is 0 Å². The number of aliphatic imine (C=N–C) groups is 1. The Bertz CT molecular complexity index is 838. The third kappa shape index (κ3) is 3.08. The van der Waals surface area contributed by atoms with Crippen LogP contribution in [0, 0.1) is 34.6 Å². The molecule has 0 radical (unpaired) electrons. The number of benzene rings is 1. The SMILES string of the molecule is CC(C)(/C(=N/C#N)NC1C2CC3CC1CC(C(N)=O)(C3)C2)c1ccc(Cl)cc1. The first-order chi connectivity index (χ1) is 13.2. The Balaban J connectivity index is 1.60. The van der Waals surface area contributed by atoms with E-state index in [9.17, 15) is 10.1 Å². The average molecular weight is 399 g/mol. The maximum atomic E-state index is 12.2. The molecule has 5 rings (SSSR count). The van der Waals surface area contributed by atoms with Crippen molar-refractivity contribution in [3.05, 3.63) is 34.9 Å². The summed E-state index contributed by atoms with van der Waals surface area (Å²) in [5.74, 6) is 1.97. The lowest BCUT2D eigenvalue weighted by Gasteiger charge is -2.59. The summed E-state index contributed by atoms with van der Waals surface area (Å²) < 4.78 is 0. The number of amidine groups is 1. The van der Waals surface area contributed by atoms with Gasteiger partial charge in [-0.2, -0.15) is 10.3 Å². The minimum atomic E-state index is -0.448. The summed E-state index contributed by atoms with van der Waals surface area (Å²) in [7, 11) is 0. The lowest BCUT2D eigenvalue weighted by molar-refractivity contribution is -0.145. The van der Waals surface area contributed by atoms with Gasteiger partial charge in [0.05, 0.1) is 0 Å². The van der Waals surface area contributed by atoms with Crippen LogP contribution >= 0.6 is 11.6 Å². The van der Waals surface area contributed by atoms with Crippen LogP contribution in [0.4, 0.5) is 0 Å².